The SMILES string of the molecule is C1=NCCN1CCc1ccccc1Oc1ccccc1OCCc1ccccc1. The van der Waals surface area contributed by atoms with Crippen LogP contribution in [0.3, 0.4) is 0 Å². The van der Waals surface area contributed by atoms with Crippen LogP contribution < -0.4 is 9.47 Å². The van der Waals surface area contributed by atoms with Crippen molar-refractivity contribution in [2.75, 3.05) is 26.2 Å². The third-order valence-electron chi connectivity index (χ3n) is 4.96. The zero-order valence-electron chi connectivity index (χ0n) is 16.5. The third-order valence-corrected chi connectivity index (χ3v) is 4.96. The van der Waals surface area contributed by atoms with E-state index in [2.05, 4.69) is 46.3 Å². The molecule has 0 aliphatic carbocycles. The fourth-order valence-electron chi connectivity index (χ4n) is 3.36. The molecule has 0 aromatic heterocycles. The summed E-state index contributed by atoms with van der Waals surface area (Å²) in [5.41, 5.74) is 2.45. The predicted octanol–water partition coefficient (Wildman–Crippen LogP) is 4.99. The lowest BCUT2D eigenvalue weighted by molar-refractivity contribution is 0.305. The molecule has 148 valence electrons. The van der Waals surface area contributed by atoms with Gasteiger partial charge in [0.1, 0.15) is 5.75 Å². The highest BCUT2D eigenvalue weighted by molar-refractivity contribution is 5.57. The number of hydrogen-bond acceptors (Lipinski definition) is 4. The van der Waals surface area contributed by atoms with Gasteiger partial charge in [-0.3, -0.25) is 4.99 Å². The summed E-state index contributed by atoms with van der Waals surface area (Å²) in [6.45, 7) is 3.45. The van der Waals surface area contributed by atoms with Gasteiger partial charge in [-0.25, -0.2) is 0 Å². The molecule has 0 unspecified atom stereocenters. The van der Waals surface area contributed by atoms with Crippen LogP contribution in [-0.2, 0) is 12.8 Å². The van der Waals surface area contributed by atoms with Gasteiger partial charge in [0.2, 0.25) is 0 Å². The second kappa shape index (κ2) is 9.78. The highest BCUT2D eigenvalue weighted by atomic mass is 16.5. The first-order valence-electron chi connectivity index (χ1n) is 10.1. The van der Waals surface area contributed by atoms with Gasteiger partial charge < -0.3 is 14.4 Å². The van der Waals surface area contributed by atoms with E-state index >= 15 is 0 Å². The molecule has 0 N–H and O–H groups in total. The Morgan fingerprint density at radius 1 is 0.759 bits per heavy atom. The molecule has 1 aliphatic heterocycles. The Balaban J connectivity index is 1.41. The molecule has 0 fully saturated rings. The Kier molecular flexibility index (Phi) is 6.43. The summed E-state index contributed by atoms with van der Waals surface area (Å²) in [4.78, 5) is 6.53. The first-order valence-corrected chi connectivity index (χ1v) is 10.1. The van der Waals surface area contributed by atoms with Crippen molar-refractivity contribution in [3.8, 4) is 17.2 Å². The second-order valence-electron chi connectivity index (χ2n) is 7.05. The number of para-hydroxylation sites is 3. The van der Waals surface area contributed by atoms with Crippen LogP contribution in [0.25, 0.3) is 0 Å². The molecule has 3 aromatic carbocycles. The summed E-state index contributed by atoms with van der Waals surface area (Å²) in [5.74, 6) is 2.39. The van der Waals surface area contributed by atoms with E-state index in [0.717, 1.165) is 49.7 Å². The van der Waals surface area contributed by atoms with Gasteiger partial charge in [-0.2, -0.15) is 0 Å². The molecule has 0 amide bonds. The number of benzene rings is 3. The molecule has 1 aliphatic rings. The molecule has 0 saturated carbocycles. The van der Waals surface area contributed by atoms with Gasteiger partial charge in [-0.05, 0) is 35.7 Å². The topological polar surface area (TPSA) is 34.1 Å². The molecule has 0 saturated heterocycles. The van der Waals surface area contributed by atoms with Gasteiger partial charge in [0.25, 0.3) is 0 Å². The van der Waals surface area contributed by atoms with Crippen molar-refractivity contribution in [1.82, 2.24) is 4.90 Å². The largest absolute Gasteiger partial charge is 0.489 e. The summed E-state index contributed by atoms with van der Waals surface area (Å²) in [6.07, 6.45) is 3.72. The van der Waals surface area contributed by atoms with Crippen molar-refractivity contribution >= 4 is 6.34 Å². The Bertz CT molecular complexity index is 940. The van der Waals surface area contributed by atoms with Crippen LogP contribution in [-0.4, -0.2) is 37.5 Å². The minimum absolute atomic E-state index is 0.611. The van der Waals surface area contributed by atoms with E-state index in [0.29, 0.717) is 6.61 Å². The normalized spacial score (nSPS) is 12.9. The molecule has 4 nitrogen and oxygen atoms in total. The number of ether oxygens (including phenoxy) is 2. The molecule has 3 aromatic rings. The van der Waals surface area contributed by atoms with Crippen molar-refractivity contribution in [2.45, 2.75) is 12.8 Å². The molecular weight excluding hydrogens is 360 g/mol. The van der Waals surface area contributed by atoms with Crippen LogP contribution >= 0.6 is 0 Å². The quantitative estimate of drug-likeness (QED) is 0.520. The van der Waals surface area contributed by atoms with Gasteiger partial charge in [0.15, 0.2) is 11.5 Å². The van der Waals surface area contributed by atoms with Crippen LogP contribution in [0, 0.1) is 0 Å². The maximum Gasteiger partial charge on any atom is 0.169 e. The van der Waals surface area contributed by atoms with Crippen molar-refractivity contribution < 1.29 is 9.47 Å². The summed E-state index contributed by atoms with van der Waals surface area (Å²) < 4.78 is 12.3. The average Bonchev–Trinajstić information content (AvgIpc) is 3.29. The zero-order chi connectivity index (χ0) is 19.7. The monoisotopic (exact) mass is 386 g/mol. The first-order chi connectivity index (χ1) is 14.4. The van der Waals surface area contributed by atoms with Gasteiger partial charge in [0.05, 0.1) is 19.5 Å². The Morgan fingerprint density at radius 3 is 2.28 bits per heavy atom. The summed E-state index contributed by atoms with van der Waals surface area (Å²) in [5, 5.41) is 0. The van der Waals surface area contributed by atoms with E-state index in [1.54, 1.807) is 0 Å². The lowest BCUT2D eigenvalue weighted by Gasteiger charge is -2.17. The van der Waals surface area contributed by atoms with Crippen LogP contribution in [0.1, 0.15) is 11.1 Å². The summed E-state index contributed by atoms with van der Waals surface area (Å²) in [6, 6.07) is 26.5. The smallest absolute Gasteiger partial charge is 0.169 e. The third kappa shape index (κ3) is 5.38. The molecule has 4 rings (SSSR count). The van der Waals surface area contributed by atoms with E-state index in [9.17, 15) is 0 Å². The lowest BCUT2D eigenvalue weighted by Crippen LogP contribution is -2.22. The molecule has 0 atom stereocenters. The van der Waals surface area contributed by atoms with Crippen molar-refractivity contribution in [1.29, 1.82) is 0 Å². The summed E-state index contributed by atoms with van der Waals surface area (Å²) >= 11 is 0. The molecule has 0 bridgehead atoms. The molecule has 29 heavy (non-hydrogen) atoms. The maximum absolute atomic E-state index is 6.28. The number of rotatable bonds is 9. The molecule has 4 heteroatoms. The highest BCUT2D eigenvalue weighted by Crippen LogP contribution is 2.33. The minimum Gasteiger partial charge on any atom is -0.489 e. The van der Waals surface area contributed by atoms with Crippen LogP contribution in [0.15, 0.2) is 83.9 Å². The lowest BCUT2D eigenvalue weighted by atomic mass is 10.1. The molecule has 0 radical (unpaired) electrons. The van der Waals surface area contributed by atoms with E-state index in [1.165, 1.54) is 11.1 Å². The highest BCUT2D eigenvalue weighted by Gasteiger charge is 2.11. The van der Waals surface area contributed by atoms with Gasteiger partial charge in [-0.1, -0.05) is 60.7 Å². The molecular formula is C25H26N2O2. The van der Waals surface area contributed by atoms with Crippen LogP contribution in [0.4, 0.5) is 0 Å². The first kappa shape index (κ1) is 19.1. The maximum atomic E-state index is 6.28. The van der Waals surface area contributed by atoms with Gasteiger partial charge >= 0.3 is 0 Å². The van der Waals surface area contributed by atoms with Crippen molar-refractivity contribution in [2.24, 2.45) is 4.99 Å². The fourth-order valence-corrected chi connectivity index (χ4v) is 3.36. The standard InChI is InChI=1S/C25H26N2O2/c1-2-8-21(9-3-1)15-19-28-24-12-6-7-13-25(24)29-23-11-5-4-10-22(23)14-17-27-18-16-26-20-27/h1-13,20H,14-19H2. The molecule has 0 spiro atoms. The van der Waals surface area contributed by atoms with Crippen molar-refractivity contribution in [3.63, 3.8) is 0 Å². The number of nitrogens with zero attached hydrogens (tertiary/aromatic N) is 2. The van der Waals surface area contributed by atoms with E-state index in [1.807, 2.05) is 48.8 Å². The van der Waals surface area contributed by atoms with Crippen LogP contribution in [0.2, 0.25) is 0 Å². The number of hydrogen-bond donors (Lipinski definition) is 0. The Morgan fingerprint density at radius 2 is 1.48 bits per heavy atom. The minimum atomic E-state index is 0.611. The fraction of sp³-hybridized carbons (Fsp3) is 0.240. The van der Waals surface area contributed by atoms with Crippen molar-refractivity contribution in [3.05, 3.63) is 90.0 Å². The van der Waals surface area contributed by atoms with E-state index in [-0.39, 0.29) is 0 Å². The van der Waals surface area contributed by atoms with Crippen LogP contribution in [0.5, 0.6) is 17.2 Å². The van der Waals surface area contributed by atoms with Gasteiger partial charge in [-0.15, -0.1) is 0 Å². The zero-order valence-corrected chi connectivity index (χ0v) is 16.5. The average molecular weight is 386 g/mol. The van der Waals surface area contributed by atoms with E-state index < -0.39 is 0 Å². The predicted molar refractivity (Wildman–Crippen MR) is 117 cm³/mol. The Labute approximate surface area is 172 Å². The number of aliphatic imine (C=N–C) groups is 1. The summed E-state index contributed by atoms with van der Waals surface area (Å²) in [7, 11) is 0. The van der Waals surface area contributed by atoms with E-state index in [4.69, 9.17) is 9.47 Å². The Hall–Kier alpha value is -3.27. The van der Waals surface area contributed by atoms with Gasteiger partial charge in [0, 0.05) is 19.5 Å². The molecule has 1 heterocycles. The second-order valence-corrected chi connectivity index (χ2v) is 7.05.